The van der Waals surface area contributed by atoms with Gasteiger partial charge in [0.15, 0.2) is 15.4 Å². The van der Waals surface area contributed by atoms with E-state index in [9.17, 15) is 23.2 Å². The minimum Gasteiger partial charge on any atom is -0.481 e. The number of carboxylic acids is 1. The molecule has 2 N–H and O–H groups in total. The first kappa shape index (κ1) is 18.0. The average molecular weight is 355 g/mol. The van der Waals surface area contributed by atoms with Crippen molar-refractivity contribution in [2.24, 2.45) is 5.10 Å². The Balaban J connectivity index is 2.59. The molecule has 1 aromatic carbocycles. The molecule has 0 fully saturated rings. The Hall–Kier alpha value is -2.30. The lowest BCUT2D eigenvalue weighted by Gasteiger charge is -2.32. The first-order valence-electron chi connectivity index (χ1n) is 6.82. The highest BCUT2D eigenvalue weighted by molar-refractivity contribution is 7.90. The van der Waals surface area contributed by atoms with Gasteiger partial charge in [0.1, 0.15) is 5.71 Å². The van der Waals surface area contributed by atoms with Crippen LogP contribution in [0.1, 0.15) is 12.0 Å². The number of carbonyl (C=O) groups excluding carboxylic acids is 1. The lowest BCUT2D eigenvalue weighted by atomic mass is 9.85. The zero-order valence-electron chi connectivity index (χ0n) is 13.3. The summed E-state index contributed by atoms with van der Waals surface area (Å²) < 4.78 is 23.1. The van der Waals surface area contributed by atoms with E-state index in [2.05, 4.69) is 5.10 Å². The number of nitrogens with zero attached hydrogens (tertiary/aromatic N) is 3. The fourth-order valence-corrected chi connectivity index (χ4v) is 3.22. The summed E-state index contributed by atoms with van der Waals surface area (Å²) in [4.78, 5) is 23.8. The molecule has 1 aromatic rings. The van der Waals surface area contributed by atoms with Gasteiger partial charge in [0.05, 0.1) is 11.3 Å². The number of aliphatic carboxylic acids is 1. The van der Waals surface area contributed by atoms with Crippen molar-refractivity contribution in [1.29, 1.82) is 0 Å². The lowest BCUT2D eigenvalue weighted by Crippen LogP contribution is -2.58. The molecule has 1 aliphatic rings. The van der Waals surface area contributed by atoms with Gasteiger partial charge in [-0.1, -0.05) is 12.1 Å². The minimum atomic E-state index is -3.40. The molecule has 1 atom stereocenters. The molecule has 0 saturated carbocycles. The average Bonchev–Trinajstić information content (AvgIpc) is 2.72. The second-order valence-electron chi connectivity index (χ2n) is 5.53. The standard InChI is InChI=1S/C14H17N3O6S/c1-16-13(20)14(17(2)21,8-11(18)19)12(15-16)9-4-6-10(7-5-9)24(3,22)23/h4-7,21H,8H2,1-3H3,(H,18,19). The van der Waals surface area contributed by atoms with Gasteiger partial charge in [0.2, 0.25) is 0 Å². The van der Waals surface area contributed by atoms with Gasteiger partial charge in [0.25, 0.3) is 5.91 Å². The Labute approximate surface area is 138 Å². The summed E-state index contributed by atoms with van der Waals surface area (Å²) in [6.45, 7) is 0. The molecule has 0 spiro atoms. The van der Waals surface area contributed by atoms with Crippen molar-refractivity contribution < 1.29 is 28.3 Å². The van der Waals surface area contributed by atoms with Crippen molar-refractivity contribution in [2.45, 2.75) is 16.9 Å². The van der Waals surface area contributed by atoms with Crippen molar-refractivity contribution >= 4 is 27.4 Å². The van der Waals surface area contributed by atoms with E-state index in [0.717, 1.165) is 11.3 Å². The van der Waals surface area contributed by atoms with Crippen LogP contribution in [0.25, 0.3) is 0 Å². The molecule has 1 heterocycles. The fraction of sp³-hybridized carbons (Fsp3) is 0.357. The molecule has 130 valence electrons. The Morgan fingerprint density at radius 1 is 1.33 bits per heavy atom. The summed E-state index contributed by atoms with van der Waals surface area (Å²) in [5, 5.41) is 24.7. The van der Waals surface area contributed by atoms with E-state index in [1.54, 1.807) is 0 Å². The smallest absolute Gasteiger partial charge is 0.306 e. The summed E-state index contributed by atoms with van der Waals surface area (Å²) >= 11 is 0. The number of carbonyl (C=O) groups is 2. The number of amides is 1. The molecule has 10 heteroatoms. The maximum Gasteiger partial charge on any atom is 0.306 e. The molecule has 0 saturated heterocycles. The van der Waals surface area contributed by atoms with Crippen molar-refractivity contribution in [2.75, 3.05) is 20.4 Å². The maximum atomic E-state index is 12.5. The van der Waals surface area contributed by atoms with E-state index in [4.69, 9.17) is 5.11 Å². The zero-order valence-corrected chi connectivity index (χ0v) is 14.1. The molecule has 9 nitrogen and oxygen atoms in total. The highest BCUT2D eigenvalue weighted by atomic mass is 32.2. The van der Waals surface area contributed by atoms with Crippen molar-refractivity contribution in [3.8, 4) is 0 Å². The van der Waals surface area contributed by atoms with Crippen LogP contribution >= 0.6 is 0 Å². The number of benzene rings is 1. The van der Waals surface area contributed by atoms with Gasteiger partial charge in [-0.25, -0.2) is 13.4 Å². The lowest BCUT2D eigenvalue weighted by molar-refractivity contribution is -0.170. The topological polar surface area (TPSA) is 128 Å². The van der Waals surface area contributed by atoms with Gasteiger partial charge in [-0.3, -0.25) is 9.59 Å². The summed E-state index contributed by atoms with van der Waals surface area (Å²) in [7, 11) is -0.885. The van der Waals surface area contributed by atoms with Crippen LogP contribution in [-0.2, 0) is 19.4 Å². The Bertz CT molecular complexity index is 815. The van der Waals surface area contributed by atoms with Crippen molar-refractivity contribution in [3.63, 3.8) is 0 Å². The van der Waals surface area contributed by atoms with E-state index in [1.807, 2.05) is 0 Å². The summed E-state index contributed by atoms with van der Waals surface area (Å²) in [5.41, 5.74) is -1.52. The second-order valence-corrected chi connectivity index (χ2v) is 7.54. The number of likely N-dealkylation sites (N-methyl/N-ethyl adjacent to an activating group) is 2. The summed E-state index contributed by atoms with van der Waals surface area (Å²) in [6, 6.07) is 5.50. The van der Waals surface area contributed by atoms with Crippen LogP contribution in [0.3, 0.4) is 0 Å². The third kappa shape index (κ3) is 2.90. The highest BCUT2D eigenvalue weighted by Crippen LogP contribution is 2.32. The first-order chi connectivity index (χ1) is 11.0. The quantitative estimate of drug-likeness (QED) is 0.700. The number of sulfone groups is 1. The van der Waals surface area contributed by atoms with Gasteiger partial charge in [0, 0.05) is 25.9 Å². The number of carboxylic acid groups (broad SMARTS) is 1. The predicted molar refractivity (Wildman–Crippen MR) is 83.4 cm³/mol. The molecule has 24 heavy (non-hydrogen) atoms. The molecule has 0 bridgehead atoms. The van der Waals surface area contributed by atoms with E-state index in [-0.39, 0.29) is 10.6 Å². The molecular weight excluding hydrogens is 338 g/mol. The van der Waals surface area contributed by atoms with E-state index in [1.165, 1.54) is 38.4 Å². The van der Waals surface area contributed by atoms with Gasteiger partial charge < -0.3 is 10.3 Å². The number of rotatable bonds is 5. The molecule has 0 aliphatic carbocycles. The predicted octanol–water partition coefficient (Wildman–Crippen LogP) is -0.199. The van der Waals surface area contributed by atoms with Crippen LogP contribution in [0.2, 0.25) is 0 Å². The first-order valence-corrected chi connectivity index (χ1v) is 8.71. The highest BCUT2D eigenvalue weighted by Gasteiger charge is 2.55. The monoisotopic (exact) mass is 355 g/mol. The van der Waals surface area contributed by atoms with Crippen LogP contribution in [0.15, 0.2) is 34.3 Å². The largest absolute Gasteiger partial charge is 0.481 e. The third-order valence-corrected chi connectivity index (χ3v) is 4.93. The van der Waals surface area contributed by atoms with Gasteiger partial charge >= 0.3 is 5.97 Å². The molecule has 1 unspecified atom stereocenters. The number of hydrogen-bond donors (Lipinski definition) is 2. The third-order valence-electron chi connectivity index (χ3n) is 3.80. The Morgan fingerprint density at radius 3 is 2.29 bits per heavy atom. The van der Waals surface area contributed by atoms with E-state index in [0.29, 0.717) is 10.6 Å². The van der Waals surface area contributed by atoms with Crippen molar-refractivity contribution in [1.82, 2.24) is 10.1 Å². The van der Waals surface area contributed by atoms with Crippen LogP contribution in [0.5, 0.6) is 0 Å². The molecule has 1 amide bonds. The van der Waals surface area contributed by atoms with Crippen LogP contribution in [0.4, 0.5) is 0 Å². The van der Waals surface area contributed by atoms with E-state index < -0.39 is 33.7 Å². The fourth-order valence-electron chi connectivity index (χ4n) is 2.59. The van der Waals surface area contributed by atoms with E-state index >= 15 is 0 Å². The van der Waals surface area contributed by atoms with Gasteiger partial charge in [-0.2, -0.15) is 10.2 Å². The van der Waals surface area contributed by atoms with Gasteiger partial charge in [-0.05, 0) is 12.1 Å². The zero-order chi connectivity index (χ0) is 18.3. The minimum absolute atomic E-state index is 0.0300. The molecule has 2 rings (SSSR count). The van der Waals surface area contributed by atoms with Crippen LogP contribution in [0, 0.1) is 0 Å². The van der Waals surface area contributed by atoms with Crippen LogP contribution < -0.4 is 0 Å². The number of hydroxylamine groups is 2. The normalized spacial score (nSPS) is 21.3. The SMILES string of the molecule is CN1N=C(c2ccc(S(C)(=O)=O)cc2)C(CC(=O)O)(N(C)O)C1=O. The maximum absolute atomic E-state index is 12.5. The summed E-state index contributed by atoms with van der Waals surface area (Å²) in [6.07, 6.45) is 0.360. The Morgan fingerprint density at radius 2 is 1.88 bits per heavy atom. The second kappa shape index (κ2) is 5.96. The van der Waals surface area contributed by atoms with Crippen LogP contribution in [-0.4, -0.2) is 72.3 Å². The summed E-state index contributed by atoms with van der Waals surface area (Å²) in [5.74, 6) is -1.99. The number of hydrogen-bond acceptors (Lipinski definition) is 7. The Kier molecular flexibility index (Phi) is 4.48. The molecule has 0 radical (unpaired) electrons. The molecule has 1 aliphatic heterocycles. The van der Waals surface area contributed by atoms with Gasteiger partial charge in [-0.15, -0.1) is 0 Å². The number of hydrazone groups is 1. The molecular formula is C14H17N3O6S. The van der Waals surface area contributed by atoms with Crippen molar-refractivity contribution in [3.05, 3.63) is 29.8 Å². The molecule has 0 aromatic heterocycles.